The molecule has 0 rings (SSSR count). The van der Waals surface area contributed by atoms with Gasteiger partial charge in [-0.25, -0.2) is 0 Å². The van der Waals surface area contributed by atoms with E-state index in [1.54, 1.807) is 0 Å². The molecule has 79 heavy (non-hydrogen) atoms. The van der Waals surface area contributed by atoms with Crippen molar-refractivity contribution >= 4 is 17.9 Å². The normalized spacial score (nSPS) is 12.7. The SMILES string of the molecule is CC/C=C\C/C=C\C/C=C\C/C=C\C/C=C\CCCCCCCCCCCCCCCC(=O)OCC(COC(=O)CCCCCCCCCCCCCCCCC)OC(=O)CCCCCCCCC/C=C\C/C=C\C/C=C\CC. The summed E-state index contributed by atoms with van der Waals surface area (Å²) in [5, 5.41) is 0. The van der Waals surface area contributed by atoms with Crippen molar-refractivity contribution in [1.82, 2.24) is 0 Å². The average molecular weight is 1100 g/mol. The number of carbonyl (C=O) groups excluding carboxylic acids is 3. The highest BCUT2D eigenvalue weighted by Crippen LogP contribution is 2.17. The largest absolute Gasteiger partial charge is 0.462 e. The summed E-state index contributed by atoms with van der Waals surface area (Å²) >= 11 is 0. The van der Waals surface area contributed by atoms with Crippen LogP contribution in [-0.2, 0) is 28.6 Å². The van der Waals surface area contributed by atoms with E-state index in [0.717, 1.165) is 116 Å². The number of allylic oxidation sites excluding steroid dienone is 16. The van der Waals surface area contributed by atoms with E-state index >= 15 is 0 Å². The second-order valence-corrected chi connectivity index (χ2v) is 22.3. The number of rotatable bonds is 61. The van der Waals surface area contributed by atoms with Gasteiger partial charge in [0.25, 0.3) is 0 Å². The number of ether oxygens (including phenoxy) is 3. The van der Waals surface area contributed by atoms with Crippen molar-refractivity contribution in [1.29, 1.82) is 0 Å². The summed E-state index contributed by atoms with van der Waals surface area (Å²) < 4.78 is 17.0. The Morgan fingerprint density at radius 2 is 0.494 bits per heavy atom. The van der Waals surface area contributed by atoms with Crippen molar-refractivity contribution in [3.8, 4) is 0 Å². The lowest BCUT2D eigenvalue weighted by molar-refractivity contribution is -0.167. The maximum atomic E-state index is 12.9. The van der Waals surface area contributed by atoms with Gasteiger partial charge in [-0.3, -0.25) is 14.4 Å². The van der Waals surface area contributed by atoms with E-state index in [-0.39, 0.29) is 31.1 Å². The highest BCUT2D eigenvalue weighted by Gasteiger charge is 2.19. The number of carbonyl (C=O) groups is 3. The molecule has 454 valence electrons. The van der Waals surface area contributed by atoms with Crippen LogP contribution in [0.4, 0.5) is 0 Å². The molecule has 0 aromatic rings. The fraction of sp³-hybridized carbons (Fsp3) is 0.740. The van der Waals surface area contributed by atoms with Crippen LogP contribution in [0.3, 0.4) is 0 Å². The Balaban J connectivity index is 4.27. The van der Waals surface area contributed by atoms with E-state index in [4.69, 9.17) is 14.2 Å². The quantitative estimate of drug-likeness (QED) is 0.0261. The molecular weight excluding hydrogens is 973 g/mol. The van der Waals surface area contributed by atoms with Crippen LogP contribution in [0.1, 0.15) is 329 Å². The van der Waals surface area contributed by atoms with Crippen LogP contribution in [0.15, 0.2) is 97.2 Å². The van der Waals surface area contributed by atoms with Crippen LogP contribution in [0.5, 0.6) is 0 Å². The van der Waals surface area contributed by atoms with Crippen molar-refractivity contribution in [3.05, 3.63) is 97.2 Å². The summed E-state index contributed by atoms with van der Waals surface area (Å²) in [6.45, 7) is 6.45. The summed E-state index contributed by atoms with van der Waals surface area (Å²) in [5.41, 5.74) is 0. The number of hydrogen-bond acceptors (Lipinski definition) is 6. The second kappa shape index (κ2) is 66.8. The molecule has 1 atom stereocenters. The lowest BCUT2D eigenvalue weighted by Gasteiger charge is -2.18. The zero-order chi connectivity index (χ0) is 57.1. The standard InChI is InChI=1S/C73H126O6/c1-4-7-10-13-16-19-22-25-28-30-31-32-33-34-35-36-37-38-39-40-41-43-45-48-51-54-57-60-63-66-72(75)78-69-70(68-77-71(74)65-62-59-56-53-50-47-44-27-24-21-18-15-12-9-6-3)79-73(76)67-64-61-58-55-52-49-46-42-29-26-23-20-17-14-11-8-5-2/h7-8,10-11,16-17,19-20,25-26,28-29,31-32,34-35,70H,4-6,9,12-15,18,21-24,27,30,33,36-69H2,1-3H3/b10-7-,11-8-,19-16-,20-17-,28-25-,29-26-,32-31-,35-34-. The van der Waals surface area contributed by atoms with Gasteiger partial charge in [0.1, 0.15) is 13.2 Å². The molecule has 1 unspecified atom stereocenters. The Morgan fingerprint density at radius 3 is 0.772 bits per heavy atom. The average Bonchev–Trinajstić information content (AvgIpc) is 3.45. The van der Waals surface area contributed by atoms with Gasteiger partial charge >= 0.3 is 17.9 Å². The Labute approximate surface area is 489 Å². The predicted molar refractivity (Wildman–Crippen MR) is 344 cm³/mol. The van der Waals surface area contributed by atoms with Crippen LogP contribution in [0.25, 0.3) is 0 Å². The van der Waals surface area contributed by atoms with Gasteiger partial charge < -0.3 is 14.2 Å². The summed E-state index contributed by atoms with van der Waals surface area (Å²) in [7, 11) is 0. The molecule has 0 aliphatic heterocycles. The van der Waals surface area contributed by atoms with Crippen LogP contribution >= 0.6 is 0 Å². The first kappa shape index (κ1) is 75.3. The zero-order valence-corrected chi connectivity index (χ0v) is 52.1. The molecule has 0 aliphatic rings. The van der Waals surface area contributed by atoms with E-state index in [9.17, 15) is 14.4 Å². The minimum atomic E-state index is -0.783. The predicted octanol–water partition coefficient (Wildman–Crippen LogP) is 23.2. The molecule has 0 aliphatic carbocycles. The van der Waals surface area contributed by atoms with Crippen LogP contribution in [-0.4, -0.2) is 37.2 Å². The van der Waals surface area contributed by atoms with E-state index in [0.29, 0.717) is 19.3 Å². The van der Waals surface area contributed by atoms with Gasteiger partial charge in [-0.2, -0.15) is 0 Å². The molecule has 0 N–H and O–H groups in total. The molecule has 0 spiro atoms. The summed E-state index contributed by atoms with van der Waals surface area (Å²) in [6.07, 6.45) is 89.9. The molecule has 0 bridgehead atoms. The molecule has 0 fully saturated rings. The number of hydrogen-bond donors (Lipinski definition) is 0. The molecule has 0 heterocycles. The Bertz CT molecular complexity index is 1540. The van der Waals surface area contributed by atoms with Gasteiger partial charge in [-0.05, 0) is 96.3 Å². The first-order valence-corrected chi connectivity index (χ1v) is 33.7. The third-order valence-corrected chi connectivity index (χ3v) is 14.6. The van der Waals surface area contributed by atoms with E-state index in [1.165, 1.54) is 173 Å². The van der Waals surface area contributed by atoms with Gasteiger partial charge in [-0.1, -0.05) is 311 Å². The van der Waals surface area contributed by atoms with Crippen LogP contribution in [0, 0.1) is 0 Å². The molecule has 6 nitrogen and oxygen atoms in total. The fourth-order valence-electron chi connectivity index (χ4n) is 9.60. The van der Waals surface area contributed by atoms with E-state index in [1.807, 2.05) is 0 Å². The minimum absolute atomic E-state index is 0.0778. The van der Waals surface area contributed by atoms with Gasteiger partial charge in [0.05, 0.1) is 0 Å². The van der Waals surface area contributed by atoms with Crippen LogP contribution in [0.2, 0.25) is 0 Å². The molecule has 0 aromatic carbocycles. The number of esters is 3. The maximum Gasteiger partial charge on any atom is 0.306 e. The van der Waals surface area contributed by atoms with Crippen molar-refractivity contribution < 1.29 is 28.6 Å². The lowest BCUT2D eigenvalue weighted by atomic mass is 10.0. The van der Waals surface area contributed by atoms with Crippen LogP contribution < -0.4 is 0 Å². The highest BCUT2D eigenvalue weighted by molar-refractivity contribution is 5.71. The summed E-state index contributed by atoms with van der Waals surface area (Å²) in [5.74, 6) is -0.874. The van der Waals surface area contributed by atoms with Gasteiger partial charge in [0.2, 0.25) is 0 Å². The van der Waals surface area contributed by atoms with Crippen molar-refractivity contribution in [2.45, 2.75) is 335 Å². The van der Waals surface area contributed by atoms with Gasteiger partial charge in [0.15, 0.2) is 6.10 Å². The summed E-state index contributed by atoms with van der Waals surface area (Å²) in [4.78, 5) is 38.4. The van der Waals surface area contributed by atoms with E-state index < -0.39 is 6.10 Å². The molecule has 0 saturated heterocycles. The summed E-state index contributed by atoms with van der Waals surface area (Å²) in [6, 6.07) is 0. The molecule has 6 heteroatoms. The zero-order valence-electron chi connectivity index (χ0n) is 52.1. The minimum Gasteiger partial charge on any atom is -0.462 e. The molecular formula is C73H126O6. The molecule has 0 amide bonds. The van der Waals surface area contributed by atoms with Crippen molar-refractivity contribution in [2.24, 2.45) is 0 Å². The molecule has 0 saturated carbocycles. The third-order valence-electron chi connectivity index (χ3n) is 14.6. The smallest absolute Gasteiger partial charge is 0.306 e. The lowest BCUT2D eigenvalue weighted by Crippen LogP contribution is -2.30. The Hall–Kier alpha value is -3.67. The number of unbranched alkanes of at least 4 members (excludes halogenated alkanes) is 34. The van der Waals surface area contributed by atoms with Gasteiger partial charge in [0, 0.05) is 19.3 Å². The Kier molecular flexibility index (Phi) is 63.7. The molecule has 0 aromatic heterocycles. The second-order valence-electron chi connectivity index (χ2n) is 22.3. The third kappa shape index (κ3) is 65.0. The fourth-order valence-corrected chi connectivity index (χ4v) is 9.60. The van der Waals surface area contributed by atoms with Crippen molar-refractivity contribution in [3.63, 3.8) is 0 Å². The van der Waals surface area contributed by atoms with E-state index in [2.05, 4.69) is 118 Å². The van der Waals surface area contributed by atoms with Gasteiger partial charge in [-0.15, -0.1) is 0 Å². The monoisotopic (exact) mass is 1100 g/mol. The first-order chi connectivity index (χ1) is 39.0. The first-order valence-electron chi connectivity index (χ1n) is 33.7. The Morgan fingerprint density at radius 1 is 0.266 bits per heavy atom. The molecule has 0 radical (unpaired) electrons. The maximum absolute atomic E-state index is 12.9. The topological polar surface area (TPSA) is 78.9 Å². The van der Waals surface area contributed by atoms with Crippen molar-refractivity contribution in [2.75, 3.05) is 13.2 Å². The highest BCUT2D eigenvalue weighted by atomic mass is 16.6.